The second kappa shape index (κ2) is 9.75. The fraction of sp³-hybridized carbons (Fsp3) is 0.278. The van der Waals surface area contributed by atoms with E-state index in [4.69, 9.17) is 6.42 Å². The lowest BCUT2D eigenvalue weighted by Gasteiger charge is -2.15. The molecule has 2 nitrogen and oxygen atoms in total. The van der Waals surface area contributed by atoms with E-state index in [9.17, 15) is 4.79 Å². The van der Waals surface area contributed by atoms with Gasteiger partial charge in [-0.15, -0.1) is 24.1 Å². The molecule has 21 heavy (non-hydrogen) atoms. The number of hydrogen-bond donors (Lipinski definition) is 0. The first-order chi connectivity index (χ1) is 10.2. The molecule has 0 aliphatic rings. The van der Waals surface area contributed by atoms with Crippen LogP contribution >= 0.6 is 11.8 Å². The normalized spacial score (nSPS) is 9.76. The molecule has 1 rings (SSSR count). The largest absolute Gasteiger partial charge is 0.328 e. The number of carbonyl (C=O) groups is 1. The predicted octanol–water partition coefficient (Wildman–Crippen LogP) is 3.30. The Morgan fingerprint density at radius 1 is 1.43 bits per heavy atom. The minimum Gasteiger partial charge on any atom is -0.328 e. The van der Waals surface area contributed by atoms with Crippen LogP contribution in [0.2, 0.25) is 0 Å². The predicted molar refractivity (Wildman–Crippen MR) is 90.7 cm³/mol. The van der Waals surface area contributed by atoms with Gasteiger partial charge in [-0.3, -0.25) is 4.79 Å². The Morgan fingerprint density at radius 3 is 2.86 bits per heavy atom. The molecule has 108 valence electrons. The molecule has 0 unspecified atom stereocenters. The van der Waals surface area contributed by atoms with Crippen LogP contribution in [0, 0.1) is 24.2 Å². The van der Waals surface area contributed by atoms with Crippen LogP contribution in [0.3, 0.4) is 0 Å². The molecule has 0 atom stereocenters. The fourth-order valence-electron chi connectivity index (χ4n) is 1.66. The third kappa shape index (κ3) is 6.25. The van der Waals surface area contributed by atoms with Crippen LogP contribution in [0.1, 0.15) is 19.4 Å². The van der Waals surface area contributed by atoms with E-state index < -0.39 is 0 Å². The lowest BCUT2D eigenvalue weighted by Crippen LogP contribution is -2.29. The molecule has 0 radical (unpaired) electrons. The van der Waals surface area contributed by atoms with Gasteiger partial charge in [-0.25, -0.2) is 0 Å². The summed E-state index contributed by atoms with van der Waals surface area (Å²) in [6, 6.07) is 8.14. The molecule has 0 saturated heterocycles. The number of rotatable bonds is 6. The summed E-state index contributed by atoms with van der Waals surface area (Å²) in [4.78, 5) is 14.2. The van der Waals surface area contributed by atoms with Crippen LogP contribution in [-0.2, 0) is 4.79 Å². The monoisotopic (exact) mass is 297 g/mol. The molecule has 0 spiro atoms. The Hall–Kier alpha value is -2.10. The lowest BCUT2D eigenvalue weighted by atomic mass is 10.2. The number of carbonyl (C=O) groups excluding carboxylic acids is 1. The molecule has 0 bridgehead atoms. The van der Waals surface area contributed by atoms with Crippen molar-refractivity contribution < 1.29 is 4.79 Å². The van der Waals surface area contributed by atoms with Crippen LogP contribution in [0.5, 0.6) is 0 Å². The van der Waals surface area contributed by atoms with E-state index in [0.717, 1.165) is 11.3 Å². The third-order valence-corrected chi connectivity index (χ3v) is 3.72. The summed E-state index contributed by atoms with van der Waals surface area (Å²) in [5.41, 5.74) is 1.13. The van der Waals surface area contributed by atoms with Crippen LogP contribution in [0.15, 0.2) is 35.2 Å². The highest BCUT2D eigenvalue weighted by Gasteiger charge is 2.04. The van der Waals surface area contributed by atoms with Crippen molar-refractivity contribution in [3.8, 4) is 24.2 Å². The Labute approximate surface area is 131 Å². The standard InChI is InChI=1S/C18H19NOS/c1-4-6-15-21-18-12-8-7-10-17(18)11-9-14-19(13-5-2)16(3)20/h2,7-12H,13-15H2,1,3H3/b11-9+. The minimum atomic E-state index is -0.0153. The second-order valence-corrected chi connectivity index (χ2v) is 5.28. The first-order valence-corrected chi connectivity index (χ1v) is 7.64. The zero-order valence-electron chi connectivity index (χ0n) is 12.4. The molecule has 1 aromatic rings. The molecule has 0 heterocycles. The van der Waals surface area contributed by atoms with E-state index >= 15 is 0 Å². The van der Waals surface area contributed by atoms with E-state index in [0.29, 0.717) is 13.1 Å². The van der Waals surface area contributed by atoms with Crippen molar-refractivity contribution in [3.63, 3.8) is 0 Å². The molecule has 1 aromatic carbocycles. The van der Waals surface area contributed by atoms with Gasteiger partial charge in [-0.1, -0.05) is 42.2 Å². The van der Waals surface area contributed by atoms with E-state index in [1.807, 2.05) is 31.2 Å². The Balaban J connectivity index is 2.72. The third-order valence-electron chi connectivity index (χ3n) is 2.75. The summed E-state index contributed by atoms with van der Waals surface area (Å²) in [5.74, 6) is 9.19. The fourth-order valence-corrected chi connectivity index (χ4v) is 2.51. The quantitative estimate of drug-likeness (QED) is 0.593. The average molecular weight is 297 g/mol. The number of nitrogens with zero attached hydrogens (tertiary/aromatic N) is 1. The van der Waals surface area contributed by atoms with Gasteiger partial charge < -0.3 is 4.90 Å². The summed E-state index contributed by atoms with van der Waals surface area (Å²) in [6.45, 7) is 4.22. The van der Waals surface area contributed by atoms with Gasteiger partial charge in [0.15, 0.2) is 0 Å². The van der Waals surface area contributed by atoms with E-state index in [1.54, 1.807) is 16.7 Å². The number of thioether (sulfide) groups is 1. The second-order valence-electron chi connectivity index (χ2n) is 4.26. The number of amides is 1. The van der Waals surface area contributed by atoms with Crippen molar-refractivity contribution in [2.45, 2.75) is 18.7 Å². The molecule has 0 N–H and O–H groups in total. The molecule has 0 saturated carbocycles. The summed E-state index contributed by atoms with van der Waals surface area (Å²) < 4.78 is 0. The highest BCUT2D eigenvalue weighted by atomic mass is 32.2. The van der Waals surface area contributed by atoms with Crippen LogP contribution in [0.4, 0.5) is 0 Å². The lowest BCUT2D eigenvalue weighted by molar-refractivity contribution is -0.127. The van der Waals surface area contributed by atoms with Gasteiger partial charge in [-0.2, -0.15) is 0 Å². The first kappa shape index (κ1) is 17.0. The maximum Gasteiger partial charge on any atom is 0.220 e. The van der Waals surface area contributed by atoms with Crippen LogP contribution < -0.4 is 0 Å². The Kier molecular flexibility index (Phi) is 7.87. The van der Waals surface area contributed by atoms with E-state index in [2.05, 4.69) is 29.9 Å². The summed E-state index contributed by atoms with van der Waals surface area (Å²) >= 11 is 1.71. The van der Waals surface area contributed by atoms with Crippen molar-refractivity contribution in [2.24, 2.45) is 0 Å². The average Bonchev–Trinajstić information content (AvgIpc) is 2.48. The zero-order chi connectivity index (χ0) is 15.5. The number of terminal acetylenes is 1. The van der Waals surface area contributed by atoms with E-state index in [-0.39, 0.29) is 5.91 Å². The van der Waals surface area contributed by atoms with Gasteiger partial charge in [0.1, 0.15) is 0 Å². The van der Waals surface area contributed by atoms with E-state index in [1.165, 1.54) is 11.8 Å². The van der Waals surface area contributed by atoms with Gasteiger partial charge in [-0.05, 0) is 18.6 Å². The minimum absolute atomic E-state index is 0.0153. The number of benzene rings is 1. The van der Waals surface area contributed by atoms with Crippen molar-refractivity contribution in [2.75, 3.05) is 18.8 Å². The SMILES string of the molecule is C#CCN(C/C=C/c1ccccc1SCC#CC)C(C)=O. The molecule has 0 aliphatic carbocycles. The molecular weight excluding hydrogens is 278 g/mol. The van der Waals surface area contributed by atoms with Crippen LogP contribution in [0.25, 0.3) is 6.08 Å². The summed E-state index contributed by atoms with van der Waals surface area (Å²) in [7, 11) is 0. The smallest absolute Gasteiger partial charge is 0.220 e. The van der Waals surface area contributed by atoms with Gasteiger partial charge in [0.25, 0.3) is 0 Å². The number of hydrogen-bond acceptors (Lipinski definition) is 2. The van der Waals surface area contributed by atoms with Gasteiger partial charge in [0.2, 0.25) is 5.91 Å². The topological polar surface area (TPSA) is 20.3 Å². The van der Waals surface area contributed by atoms with Crippen molar-refractivity contribution >= 4 is 23.7 Å². The first-order valence-electron chi connectivity index (χ1n) is 6.66. The zero-order valence-corrected chi connectivity index (χ0v) is 13.2. The molecule has 1 amide bonds. The van der Waals surface area contributed by atoms with Gasteiger partial charge >= 0.3 is 0 Å². The van der Waals surface area contributed by atoms with Crippen molar-refractivity contribution in [1.82, 2.24) is 4.90 Å². The van der Waals surface area contributed by atoms with Gasteiger partial charge in [0.05, 0.1) is 12.3 Å². The Bertz CT molecular complexity index is 602. The van der Waals surface area contributed by atoms with Crippen molar-refractivity contribution in [3.05, 3.63) is 35.9 Å². The maximum atomic E-state index is 11.4. The highest BCUT2D eigenvalue weighted by molar-refractivity contribution is 7.99. The highest BCUT2D eigenvalue weighted by Crippen LogP contribution is 2.23. The molecule has 3 heteroatoms. The molecular formula is C18H19NOS. The maximum absolute atomic E-state index is 11.4. The molecule has 0 aliphatic heterocycles. The molecule has 0 fully saturated rings. The Morgan fingerprint density at radius 2 is 2.19 bits per heavy atom. The molecule has 0 aromatic heterocycles. The van der Waals surface area contributed by atoms with Gasteiger partial charge in [0, 0.05) is 18.4 Å². The summed E-state index contributed by atoms with van der Waals surface area (Å²) in [5, 5.41) is 0. The van der Waals surface area contributed by atoms with Crippen molar-refractivity contribution in [1.29, 1.82) is 0 Å². The summed E-state index contributed by atoms with van der Waals surface area (Å²) in [6.07, 6.45) is 9.24. The van der Waals surface area contributed by atoms with Crippen LogP contribution in [-0.4, -0.2) is 29.6 Å².